The smallest absolute Gasteiger partial charge is 0.329 e. The predicted octanol–water partition coefficient (Wildman–Crippen LogP) is 0.776. The molecule has 5 amide bonds. The summed E-state index contributed by atoms with van der Waals surface area (Å²) in [6, 6.07) is 9.02. The number of nitrogens with zero attached hydrogens (tertiary/aromatic N) is 3. The summed E-state index contributed by atoms with van der Waals surface area (Å²) in [5.41, 5.74) is 1.29. The third-order valence-corrected chi connectivity index (χ3v) is 9.91. The van der Waals surface area contributed by atoms with Gasteiger partial charge in [0.25, 0.3) is 5.91 Å². The Kier molecular flexibility index (Phi) is 13.2. The highest BCUT2D eigenvalue weighted by atomic mass is 16.5. The van der Waals surface area contributed by atoms with Gasteiger partial charge in [0.2, 0.25) is 23.6 Å². The van der Waals surface area contributed by atoms with Gasteiger partial charge in [0, 0.05) is 33.5 Å². The number of aromatic hydroxyl groups is 1. The van der Waals surface area contributed by atoms with E-state index in [0.29, 0.717) is 24.0 Å². The molecular weight excluding hydrogens is 658 g/mol. The molecule has 2 heterocycles. The number of carbonyl (C=O) groups excluding carboxylic acids is 6. The van der Waals surface area contributed by atoms with E-state index in [9.17, 15) is 39.0 Å². The molecule has 0 aliphatic carbocycles. The highest BCUT2D eigenvalue weighted by Crippen LogP contribution is 2.23. The van der Waals surface area contributed by atoms with Gasteiger partial charge in [-0.2, -0.15) is 0 Å². The number of phenolic OH excluding ortho intramolecular Hbond substituents is 1. The number of nitrogens with one attached hydrogen (secondary N) is 2. The molecule has 4 N–H and O–H groups in total. The first kappa shape index (κ1) is 38.8. The summed E-state index contributed by atoms with van der Waals surface area (Å²) in [6.07, 6.45) is -0.153. The number of ether oxygens (including phenoxy) is 1. The van der Waals surface area contributed by atoms with Crippen molar-refractivity contribution >= 4 is 35.5 Å². The topological polar surface area (TPSA) is 186 Å². The van der Waals surface area contributed by atoms with Gasteiger partial charge in [0.15, 0.2) is 6.10 Å². The van der Waals surface area contributed by atoms with E-state index in [1.54, 1.807) is 49.4 Å². The summed E-state index contributed by atoms with van der Waals surface area (Å²) in [4.78, 5) is 87.2. The van der Waals surface area contributed by atoms with E-state index in [1.807, 2.05) is 6.92 Å². The molecule has 0 spiro atoms. The SMILES string of the molecule is CC[C@H](C)[C@H]1C(=O)N[C@@H](Cc2ccc(O)cc2)C(=O)N(C)[C@@H](C)C(=O)O[C@H](Cc2ccccc2)C(=O)N2CCC[C@H]2C(=O)N[C@@H](CO)C(=O)N1C. The maximum Gasteiger partial charge on any atom is 0.329 e. The van der Waals surface area contributed by atoms with Gasteiger partial charge < -0.3 is 40.3 Å². The van der Waals surface area contributed by atoms with Crippen molar-refractivity contribution in [1.29, 1.82) is 0 Å². The van der Waals surface area contributed by atoms with Gasteiger partial charge >= 0.3 is 5.97 Å². The average Bonchev–Trinajstić information content (AvgIpc) is 3.63. The van der Waals surface area contributed by atoms with Crippen molar-refractivity contribution in [2.45, 2.75) is 89.2 Å². The highest BCUT2D eigenvalue weighted by molar-refractivity contribution is 5.97. The average molecular weight is 708 g/mol. The van der Waals surface area contributed by atoms with Crippen LogP contribution in [0.5, 0.6) is 5.75 Å². The van der Waals surface area contributed by atoms with Crippen LogP contribution in [0.25, 0.3) is 0 Å². The number of benzene rings is 2. The number of aliphatic hydroxyl groups is 1. The Morgan fingerprint density at radius 3 is 2.06 bits per heavy atom. The first-order chi connectivity index (χ1) is 24.3. The van der Waals surface area contributed by atoms with Crippen LogP contribution < -0.4 is 10.6 Å². The number of amides is 5. The summed E-state index contributed by atoms with van der Waals surface area (Å²) >= 11 is 0. The zero-order valence-electron chi connectivity index (χ0n) is 29.8. The fourth-order valence-corrected chi connectivity index (χ4v) is 6.53. The molecule has 2 saturated heterocycles. The van der Waals surface area contributed by atoms with Crippen LogP contribution in [0.2, 0.25) is 0 Å². The zero-order valence-corrected chi connectivity index (χ0v) is 29.8. The highest BCUT2D eigenvalue weighted by Gasteiger charge is 2.43. The number of hydrogen-bond acceptors (Lipinski definition) is 9. The summed E-state index contributed by atoms with van der Waals surface area (Å²) in [7, 11) is 2.79. The molecule has 0 unspecified atom stereocenters. The quantitative estimate of drug-likeness (QED) is 0.302. The second-order valence-corrected chi connectivity index (χ2v) is 13.4. The number of phenols is 1. The molecule has 2 aromatic carbocycles. The second-order valence-electron chi connectivity index (χ2n) is 13.4. The molecule has 2 aromatic rings. The molecule has 4 rings (SSSR count). The molecular formula is C37H49N5O9. The van der Waals surface area contributed by atoms with Gasteiger partial charge in [-0.25, -0.2) is 4.79 Å². The molecule has 2 aliphatic rings. The second kappa shape index (κ2) is 17.3. The first-order valence-corrected chi connectivity index (χ1v) is 17.3. The molecule has 14 heteroatoms. The summed E-state index contributed by atoms with van der Waals surface area (Å²) in [5.74, 6) is -4.55. The van der Waals surface area contributed by atoms with Crippen LogP contribution >= 0.6 is 0 Å². The van der Waals surface area contributed by atoms with Crippen molar-refractivity contribution in [2.75, 3.05) is 27.2 Å². The Balaban J connectivity index is 1.78. The van der Waals surface area contributed by atoms with Crippen molar-refractivity contribution in [3.05, 3.63) is 65.7 Å². The van der Waals surface area contributed by atoms with Crippen LogP contribution in [0, 0.1) is 5.92 Å². The minimum Gasteiger partial charge on any atom is -0.508 e. The van der Waals surface area contributed by atoms with Crippen LogP contribution in [0.15, 0.2) is 54.6 Å². The number of aliphatic hydroxyl groups excluding tert-OH is 1. The van der Waals surface area contributed by atoms with Crippen LogP contribution in [0.4, 0.5) is 0 Å². The number of fused-ring (bicyclic) bond motifs is 1. The normalized spacial score (nSPS) is 26.5. The summed E-state index contributed by atoms with van der Waals surface area (Å²) in [6.45, 7) is 4.48. The standard InChI is InChI=1S/C37H49N5O9/c1-6-22(2)31-33(46)38-27(19-25-14-16-26(44)17-15-25)34(47)40(4)23(3)37(50)51-30(20-24-11-8-7-9-12-24)36(49)42-18-10-13-29(42)32(45)39-28(21-43)35(48)41(31)5/h7-9,11-12,14-17,22-23,27-31,43-44H,6,10,13,18-21H2,1-5H3,(H,38,46)(H,39,45)/t22-,23-,27-,28-,29-,30+,31-/m0/s1. The predicted molar refractivity (Wildman–Crippen MR) is 186 cm³/mol. The van der Waals surface area contributed by atoms with Crippen LogP contribution in [-0.2, 0) is 46.3 Å². The minimum absolute atomic E-state index is 0.000283. The number of esters is 1. The zero-order chi connectivity index (χ0) is 37.4. The lowest BCUT2D eigenvalue weighted by molar-refractivity contribution is -0.166. The molecule has 0 saturated carbocycles. The monoisotopic (exact) mass is 707 g/mol. The van der Waals surface area contributed by atoms with Gasteiger partial charge in [-0.1, -0.05) is 62.7 Å². The molecule has 0 radical (unpaired) electrons. The third-order valence-electron chi connectivity index (χ3n) is 9.91. The van der Waals surface area contributed by atoms with Gasteiger partial charge in [0.1, 0.15) is 36.0 Å². The molecule has 51 heavy (non-hydrogen) atoms. The van der Waals surface area contributed by atoms with E-state index in [1.165, 1.54) is 38.1 Å². The summed E-state index contributed by atoms with van der Waals surface area (Å²) in [5, 5.41) is 25.5. The van der Waals surface area contributed by atoms with Crippen LogP contribution in [0.1, 0.15) is 51.2 Å². The Morgan fingerprint density at radius 2 is 1.43 bits per heavy atom. The minimum atomic E-state index is -1.43. The van der Waals surface area contributed by atoms with E-state index in [2.05, 4.69) is 10.6 Å². The molecule has 2 aliphatic heterocycles. The van der Waals surface area contributed by atoms with Gasteiger partial charge in [-0.15, -0.1) is 0 Å². The van der Waals surface area contributed by atoms with Gasteiger partial charge in [-0.05, 0) is 48.9 Å². The fourth-order valence-electron chi connectivity index (χ4n) is 6.53. The number of hydrogen-bond donors (Lipinski definition) is 4. The van der Waals surface area contributed by atoms with Crippen LogP contribution in [-0.4, -0.2) is 124 Å². The van der Waals surface area contributed by atoms with Crippen molar-refractivity contribution in [3.63, 3.8) is 0 Å². The lowest BCUT2D eigenvalue weighted by Gasteiger charge is -2.36. The van der Waals surface area contributed by atoms with E-state index in [0.717, 1.165) is 9.80 Å². The Hall–Kier alpha value is -4.98. The van der Waals surface area contributed by atoms with E-state index in [4.69, 9.17) is 4.74 Å². The summed E-state index contributed by atoms with van der Waals surface area (Å²) < 4.78 is 5.84. The largest absolute Gasteiger partial charge is 0.508 e. The van der Waals surface area contributed by atoms with E-state index < -0.39 is 84.3 Å². The lowest BCUT2D eigenvalue weighted by atomic mass is 9.95. The maximum absolute atomic E-state index is 14.1. The van der Waals surface area contributed by atoms with Crippen molar-refractivity contribution in [3.8, 4) is 5.75 Å². The molecule has 14 nitrogen and oxygen atoms in total. The fraction of sp³-hybridized carbons (Fsp3) is 0.514. The number of carbonyl (C=O) groups is 6. The Bertz CT molecular complexity index is 1570. The van der Waals surface area contributed by atoms with Crippen molar-refractivity contribution < 1.29 is 43.7 Å². The van der Waals surface area contributed by atoms with Crippen molar-refractivity contribution in [1.82, 2.24) is 25.3 Å². The molecule has 2 fully saturated rings. The van der Waals surface area contributed by atoms with E-state index in [-0.39, 0.29) is 31.6 Å². The van der Waals surface area contributed by atoms with Gasteiger partial charge in [-0.3, -0.25) is 24.0 Å². The Labute approximate surface area is 298 Å². The molecule has 0 bridgehead atoms. The lowest BCUT2D eigenvalue weighted by Crippen LogP contribution is -2.61. The van der Waals surface area contributed by atoms with E-state index >= 15 is 0 Å². The number of rotatable bonds is 7. The number of cyclic esters (lactones) is 1. The number of likely N-dealkylation sites (N-methyl/N-ethyl adjacent to an activating group) is 2. The Morgan fingerprint density at radius 1 is 0.824 bits per heavy atom. The first-order valence-electron chi connectivity index (χ1n) is 17.3. The molecule has 0 aromatic heterocycles. The third kappa shape index (κ3) is 9.23. The maximum atomic E-state index is 14.1. The molecule has 7 atom stereocenters. The van der Waals surface area contributed by atoms with Gasteiger partial charge in [0.05, 0.1) is 6.61 Å². The van der Waals surface area contributed by atoms with Crippen molar-refractivity contribution in [2.24, 2.45) is 5.92 Å². The molecule has 276 valence electrons. The van der Waals surface area contributed by atoms with Crippen LogP contribution in [0.3, 0.4) is 0 Å².